The zero-order valence-electron chi connectivity index (χ0n) is 10.6. The SMILES string of the molecule is O=C(O)CC1SC(=NN=Cc2ccc(O)c(O)c2)NC1=O. The number of aliphatic carboxylic acids is 1. The molecular weight excluding hydrogens is 298 g/mol. The van der Waals surface area contributed by atoms with Crippen LogP contribution in [0.2, 0.25) is 0 Å². The van der Waals surface area contributed by atoms with Gasteiger partial charge in [-0.15, -0.1) is 5.10 Å². The van der Waals surface area contributed by atoms with Crippen molar-refractivity contribution in [3.63, 3.8) is 0 Å². The summed E-state index contributed by atoms with van der Waals surface area (Å²) in [6.45, 7) is 0. The van der Waals surface area contributed by atoms with E-state index in [-0.39, 0.29) is 23.1 Å². The highest BCUT2D eigenvalue weighted by molar-refractivity contribution is 8.15. The molecule has 1 aliphatic heterocycles. The fourth-order valence-corrected chi connectivity index (χ4v) is 2.43. The van der Waals surface area contributed by atoms with Gasteiger partial charge in [0.05, 0.1) is 12.6 Å². The molecule has 1 atom stereocenters. The summed E-state index contributed by atoms with van der Waals surface area (Å²) < 4.78 is 0. The molecule has 4 N–H and O–H groups in total. The molecule has 9 heteroatoms. The average molecular weight is 309 g/mol. The van der Waals surface area contributed by atoms with Gasteiger partial charge in [-0.05, 0) is 23.8 Å². The van der Waals surface area contributed by atoms with Crippen LogP contribution in [0.4, 0.5) is 0 Å². The number of hydrogen-bond acceptors (Lipinski definition) is 7. The molecule has 1 unspecified atom stereocenters. The van der Waals surface area contributed by atoms with Crippen molar-refractivity contribution in [1.29, 1.82) is 0 Å². The lowest BCUT2D eigenvalue weighted by molar-refractivity contribution is -0.138. The Kier molecular flexibility index (Phi) is 4.43. The van der Waals surface area contributed by atoms with E-state index in [2.05, 4.69) is 15.5 Å². The van der Waals surface area contributed by atoms with Gasteiger partial charge >= 0.3 is 5.97 Å². The zero-order chi connectivity index (χ0) is 15.4. The summed E-state index contributed by atoms with van der Waals surface area (Å²) in [5.41, 5.74) is 0.506. The molecule has 0 bridgehead atoms. The maximum Gasteiger partial charge on any atom is 0.305 e. The van der Waals surface area contributed by atoms with Crippen LogP contribution in [0.1, 0.15) is 12.0 Å². The van der Waals surface area contributed by atoms with E-state index in [0.717, 1.165) is 11.8 Å². The first kappa shape index (κ1) is 14.9. The van der Waals surface area contributed by atoms with Crippen molar-refractivity contribution in [2.24, 2.45) is 10.2 Å². The molecule has 0 spiro atoms. The van der Waals surface area contributed by atoms with Crippen molar-refractivity contribution in [2.75, 3.05) is 0 Å². The van der Waals surface area contributed by atoms with E-state index in [4.69, 9.17) is 10.2 Å². The number of benzene rings is 1. The highest BCUT2D eigenvalue weighted by Crippen LogP contribution is 2.24. The third-order valence-electron chi connectivity index (χ3n) is 2.49. The van der Waals surface area contributed by atoms with Crippen molar-refractivity contribution in [3.05, 3.63) is 23.8 Å². The lowest BCUT2D eigenvalue weighted by Gasteiger charge is -1.98. The monoisotopic (exact) mass is 309 g/mol. The Labute approximate surface area is 123 Å². The Balaban J connectivity index is 2.01. The number of rotatable bonds is 4. The Morgan fingerprint density at radius 1 is 1.38 bits per heavy atom. The van der Waals surface area contributed by atoms with Crippen LogP contribution in [0.3, 0.4) is 0 Å². The number of amides is 1. The third-order valence-corrected chi connectivity index (χ3v) is 3.56. The summed E-state index contributed by atoms with van der Waals surface area (Å²) in [6, 6.07) is 4.12. The van der Waals surface area contributed by atoms with Crippen LogP contribution < -0.4 is 5.32 Å². The number of carbonyl (C=O) groups is 2. The maximum absolute atomic E-state index is 11.4. The van der Waals surface area contributed by atoms with E-state index in [1.54, 1.807) is 0 Å². The van der Waals surface area contributed by atoms with Gasteiger partial charge in [0.1, 0.15) is 5.25 Å². The molecule has 1 fully saturated rings. The van der Waals surface area contributed by atoms with Crippen LogP contribution in [-0.2, 0) is 9.59 Å². The van der Waals surface area contributed by atoms with Gasteiger partial charge in [0.2, 0.25) is 5.91 Å². The molecule has 21 heavy (non-hydrogen) atoms. The molecule has 1 heterocycles. The Hall–Kier alpha value is -2.55. The van der Waals surface area contributed by atoms with E-state index in [1.165, 1.54) is 24.4 Å². The fraction of sp³-hybridized carbons (Fsp3) is 0.167. The minimum atomic E-state index is -1.06. The molecule has 1 aromatic rings. The lowest BCUT2D eigenvalue weighted by Crippen LogP contribution is -2.26. The molecule has 0 aliphatic carbocycles. The predicted octanol–water partition coefficient (Wildman–Crippen LogP) is 0.494. The lowest BCUT2D eigenvalue weighted by atomic mass is 10.2. The highest BCUT2D eigenvalue weighted by Gasteiger charge is 2.32. The van der Waals surface area contributed by atoms with Crippen LogP contribution in [-0.4, -0.2) is 43.8 Å². The standard InChI is InChI=1S/C12H11N3O5S/c16-7-2-1-6(3-8(7)17)5-13-15-12-14-11(20)9(21-12)4-10(18)19/h1-3,5,9,16-17H,4H2,(H,18,19)(H,14,15,20). The van der Waals surface area contributed by atoms with Crippen LogP contribution >= 0.6 is 11.8 Å². The first-order valence-electron chi connectivity index (χ1n) is 5.78. The molecule has 1 aliphatic rings. The number of nitrogens with one attached hydrogen (secondary N) is 1. The second-order valence-electron chi connectivity index (χ2n) is 4.09. The second-order valence-corrected chi connectivity index (χ2v) is 5.28. The summed E-state index contributed by atoms with van der Waals surface area (Å²) >= 11 is 0.993. The number of hydrogen-bond donors (Lipinski definition) is 4. The van der Waals surface area contributed by atoms with E-state index >= 15 is 0 Å². The third kappa shape index (κ3) is 3.96. The van der Waals surface area contributed by atoms with Gasteiger partial charge in [-0.3, -0.25) is 9.59 Å². The average Bonchev–Trinajstić information content (AvgIpc) is 2.73. The summed E-state index contributed by atoms with van der Waals surface area (Å²) in [5.74, 6) is -2.00. The van der Waals surface area contributed by atoms with Gasteiger partial charge in [0.15, 0.2) is 16.7 Å². The number of phenolic OH excluding ortho intramolecular Hbond substituents is 2. The molecule has 8 nitrogen and oxygen atoms in total. The number of nitrogens with zero attached hydrogens (tertiary/aromatic N) is 2. The summed E-state index contributed by atoms with van der Waals surface area (Å²) in [7, 11) is 0. The predicted molar refractivity (Wildman–Crippen MR) is 76.6 cm³/mol. The topological polar surface area (TPSA) is 132 Å². The van der Waals surface area contributed by atoms with Crippen LogP contribution in [0.5, 0.6) is 11.5 Å². The highest BCUT2D eigenvalue weighted by atomic mass is 32.2. The molecule has 1 amide bonds. The normalized spacial score (nSPS) is 20.1. The summed E-state index contributed by atoms with van der Waals surface area (Å²) in [5, 5.41) is 36.5. The minimum absolute atomic E-state index is 0.213. The van der Waals surface area contributed by atoms with Crippen LogP contribution in [0.15, 0.2) is 28.4 Å². The number of carboxylic acids is 1. The first-order valence-corrected chi connectivity index (χ1v) is 6.66. The summed E-state index contributed by atoms with van der Waals surface area (Å²) in [4.78, 5) is 22.0. The van der Waals surface area contributed by atoms with Crippen molar-refractivity contribution in [1.82, 2.24) is 5.32 Å². The molecule has 0 aromatic heterocycles. The Morgan fingerprint density at radius 2 is 2.14 bits per heavy atom. The van der Waals surface area contributed by atoms with Gasteiger partial charge in [-0.2, -0.15) is 5.10 Å². The van der Waals surface area contributed by atoms with E-state index in [9.17, 15) is 14.7 Å². The Bertz CT molecular complexity index is 644. The minimum Gasteiger partial charge on any atom is -0.504 e. The van der Waals surface area contributed by atoms with Gasteiger partial charge < -0.3 is 20.6 Å². The molecule has 0 radical (unpaired) electrons. The smallest absolute Gasteiger partial charge is 0.305 e. The zero-order valence-corrected chi connectivity index (χ0v) is 11.4. The fourth-order valence-electron chi connectivity index (χ4n) is 1.51. The van der Waals surface area contributed by atoms with Gasteiger partial charge in [0, 0.05) is 0 Å². The first-order chi connectivity index (χ1) is 9.95. The van der Waals surface area contributed by atoms with E-state index < -0.39 is 17.1 Å². The van der Waals surface area contributed by atoms with E-state index in [0.29, 0.717) is 5.56 Å². The largest absolute Gasteiger partial charge is 0.504 e. The quantitative estimate of drug-likeness (QED) is 0.364. The molecule has 1 saturated heterocycles. The van der Waals surface area contributed by atoms with Gasteiger partial charge in [-0.25, -0.2) is 0 Å². The Morgan fingerprint density at radius 3 is 2.81 bits per heavy atom. The molecule has 0 saturated carbocycles. The van der Waals surface area contributed by atoms with Crippen LogP contribution in [0.25, 0.3) is 0 Å². The van der Waals surface area contributed by atoms with Crippen molar-refractivity contribution in [2.45, 2.75) is 11.7 Å². The molecule has 2 rings (SSSR count). The second kappa shape index (κ2) is 6.27. The number of aromatic hydroxyl groups is 2. The van der Waals surface area contributed by atoms with Gasteiger partial charge in [0.25, 0.3) is 0 Å². The van der Waals surface area contributed by atoms with Gasteiger partial charge in [-0.1, -0.05) is 11.8 Å². The summed E-state index contributed by atoms with van der Waals surface area (Å²) in [6.07, 6.45) is 1.04. The number of carbonyl (C=O) groups excluding carboxylic acids is 1. The van der Waals surface area contributed by atoms with Crippen LogP contribution in [0, 0.1) is 0 Å². The van der Waals surface area contributed by atoms with Crippen molar-refractivity contribution < 1.29 is 24.9 Å². The molecule has 1 aromatic carbocycles. The van der Waals surface area contributed by atoms with Crippen molar-refractivity contribution >= 4 is 35.0 Å². The molecular formula is C12H11N3O5S. The number of phenols is 2. The number of amidine groups is 1. The number of carboxylic acid groups (broad SMARTS) is 1. The number of thioether (sulfide) groups is 1. The maximum atomic E-state index is 11.4. The van der Waals surface area contributed by atoms with Crippen molar-refractivity contribution in [3.8, 4) is 11.5 Å². The van der Waals surface area contributed by atoms with E-state index in [1.807, 2.05) is 0 Å². The molecule has 110 valence electrons.